The molecule has 0 radical (unpaired) electrons. The molecule has 8 heteroatoms. The van der Waals surface area contributed by atoms with Crippen LogP contribution in [0.25, 0.3) is 0 Å². The van der Waals surface area contributed by atoms with E-state index in [4.69, 9.17) is 4.74 Å². The largest absolute Gasteiger partial charge is 0.493 e. The number of halogens is 3. The number of ether oxygens (including phenoxy) is 1. The molecule has 0 aliphatic carbocycles. The van der Waals surface area contributed by atoms with Crippen molar-refractivity contribution in [2.24, 2.45) is 5.92 Å². The molecule has 0 saturated heterocycles. The van der Waals surface area contributed by atoms with E-state index >= 15 is 0 Å². The first-order valence-electron chi connectivity index (χ1n) is 10.4. The lowest BCUT2D eigenvalue weighted by molar-refractivity contribution is -0.137. The highest BCUT2D eigenvalue weighted by molar-refractivity contribution is 5.66. The molecule has 0 aliphatic rings. The van der Waals surface area contributed by atoms with Crippen LogP contribution in [0.3, 0.4) is 0 Å². The first-order chi connectivity index (χ1) is 15.1. The van der Waals surface area contributed by atoms with E-state index in [1.165, 1.54) is 0 Å². The van der Waals surface area contributed by atoms with Gasteiger partial charge >= 0.3 is 6.18 Å². The summed E-state index contributed by atoms with van der Waals surface area (Å²) in [4.78, 5) is 8.00. The van der Waals surface area contributed by atoms with Crippen molar-refractivity contribution < 1.29 is 17.9 Å². The Hall–Kier alpha value is -3.29. The maximum Gasteiger partial charge on any atom is 0.421 e. The second kappa shape index (κ2) is 9.89. The van der Waals surface area contributed by atoms with Crippen LogP contribution in [0.1, 0.15) is 44.7 Å². The molecule has 0 bridgehead atoms. The molecular weight excluding hydrogens is 417 g/mol. The Balaban J connectivity index is 1.86. The van der Waals surface area contributed by atoms with Crippen molar-refractivity contribution in [2.45, 2.75) is 39.8 Å². The Labute approximate surface area is 186 Å². The van der Waals surface area contributed by atoms with Gasteiger partial charge in [0.2, 0.25) is 5.95 Å². The Bertz CT molecular complexity index is 1030. The Morgan fingerprint density at radius 3 is 2.25 bits per heavy atom. The summed E-state index contributed by atoms with van der Waals surface area (Å²) < 4.78 is 46.4. The van der Waals surface area contributed by atoms with Crippen molar-refractivity contribution in [1.82, 2.24) is 9.97 Å². The summed E-state index contributed by atoms with van der Waals surface area (Å²) in [7, 11) is 0. The van der Waals surface area contributed by atoms with Crippen LogP contribution in [-0.4, -0.2) is 16.6 Å². The van der Waals surface area contributed by atoms with Gasteiger partial charge in [-0.1, -0.05) is 45.9 Å². The van der Waals surface area contributed by atoms with Gasteiger partial charge < -0.3 is 15.4 Å². The van der Waals surface area contributed by atoms with Gasteiger partial charge in [-0.15, -0.1) is 0 Å². The van der Waals surface area contributed by atoms with E-state index in [0.717, 1.165) is 11.8 Å². The first kappa shape index (κ1) is 23.4. The van der Waals surface area contributed by atoms with Crippen molar-refractivity contribution in [3.63, 3.8) is 0 Å². The Morgan fingerprint density at radius 2 is 1.62 bits per heavy atom. The smallest absolute Gasteiger partial charge is 0.421 e. The molecule has 0 spiro atoms. The van der Waals surface area contributed by atoms with Gasteiger partial charge in [-0.05, 0) is 47.7 Å². The monoisotopic (exact) mass is 444 g/mol. The fraction of sp³-hybridized carbons (Fsp3) is 0.333. The predicted molar refractivity (Wildman–Crippen MR) is 121 cm³/mol. The Kier molecular flexibility index (Phi) is 7.22. The van der Waals surface area contributed by atoms with Crippen molar-refractivity contribution in [2.75, 3.05) is 17.2 Å². The summed E-state index contributed by atoms with van der Waals surface area (Å²) >= 11 is 0. The van der Waals surface area contributed by atoms with Gasteiger partial charge in [-0.25, -0.2) is 4.98 Å². The van der Waals surface area contributed by atoms with E-state index in [-0.39, 0.29) is 17.7 Å². The van der Waals surface area contributed by atoms with Gasteiger partial charge in [0, 0.05) is 17.6 Å². The zero-order valence-electron chi connectivity index (χ0n) is 18.5. The number of hydrogen-bond donors (Lipinski definition) is 2. The summed E-state index contributed by atoms with van der Waals surface area (Å²) in [5, 5.41) is 5.81. The summed E-state index contributed by atoms with van der Waals surface area (Å²) in [5.74, 6) is 0.993. The minimum Gasteiger partial charge on any atom is -0.493 e. The number of nitrogens with zero attached hydrogens (tertiary/aromatic N) is 2. The molecule has 1 aromatic heterocycles. The average molecular weight is 445 g/mol. The lowest BCUT2D eigenvalue weighted by atomic mass is 10.0. The molecule has 0 unspecified atom stereocenters. The molecule has 5 nitrogen and oxygen atoms in total. The third kappa shape index (κ3) is 6.12. The van der Waals surface area contributed by atoms with E-state index in [1.54, 1.807) is 36.4 Å². The number of anilines is 4. The van der Waals surface area contributed by atoms with E-state index < -0.39 is 11.7 Å². The van der Waals surface area contributed by atoms with Crippen molar-refractivity contribution in [3.8, 4) is 5.75 Å². The van der Waals surface area contributed by atoms with Crippen molar-refractivity contribution in [1.29, 1.82) is 0 Å². The van der Waals surface area contributed by atoms with Crippen LogP contribution in [0, 0.1) is 5.92 Å². The zero-order chi connectivity index (χ0) is 23.3. The van der Waals surface area contributed by atoms with Crippen molar-refractivity contribution >= 4 is 23.1 Å². The highest BCUT2D eigenvalue weighted by Gasteiger charge is 2.35. The second-order valence-corrected chi connectivity index (χ2v) is 8.17. The summed E-state index contributed by atoms with van der Waals surface area (Å²) in [6.45, 7) is 8.67. The maximum atomic E-state index is 13.6. The van der Waals surface area contributed by atoms with Crippen LogP contribution >= 0.6 is 0 Å². The van der Waals surface area contributed by atoms with Gasteiger partial charge in [0.25, 0.3) is 0 Å². The lowest BCUT2D eigenvalue weighted by Gasteiger charge is -2.18. The molecule has 0 atom stereocenters. The molecule has 1 heterocycles. The minimum atomic E-state index is -4.59. The van der Waals surface area contributed by atoms with Crippen LogP contribution in [0.4, 0.5) is 36.3 Å². The topological polar surface area (TPSA) is 59.1 Å². The highest BCUT2D eigenvalue weighted by Crippen LogP contribution is 2.36. The normalized spacial score (nSPS) is 11.7. The summed E-state index contributed by atoms with van der Waals surface area (Å²) in [5.41, 5.74) is 1.17. The molecule has 3 rings (SSSR count). The fourth-order valence-corrected chi connectivity index (χ4v) is 3.01. The summed E-state index contributed by atoms with van der Waals surface area (Å²) in [6, 6.07) is 14.3. The van der Waals surface area contributed by atoms with Crippen LogP contribution in [0.5, 0.6) is 5.75 Å². The van der Waals surface area contributed by atoms with Crippen LogP contribution in [0.2, 0.25) is 0 Å². The van der Waals surface area contributed by atoms with Crippen molar-refractivity contribution in [3.05, 3.63) is 65.9 Å². The average Bonchev–Trinajstić information content (AvgIpc) is 2.73. The molecule has 2 N–H and O–H groups in total. The van der Waals surface area contributed by atoms with E-state index in [9.17, 15) is 13.2 Å². The predicted octanol–water partition coefficient (Wildman–Crippen LogP) is 7.14. The molecule has 0 saturated carbocycles. The molecular formula is C24H27F3N4O. The van der Waals surface area contributed by atoms with Crippen LogP contribution < -0.4 is 15.4 Å². The molecule has 170 valence electrons. The van der Waals surface area contributed by atoms with E-state index in [2.05, 4.69) is 34.4 Å². The molecule has 0 aliphatic heterocycles. The summed E-state index contributed by atoms with van der Waals surface area (Å²) in [6.07, 6.45) is -3.81. The zero-order valence-corrected chi connectivity index (χ0v) is 18.5. The third-order valence-electron chi connectivity index (χ3n) is 4.62. The number of para-hydroxylation sites is 1. The van der Waals surface area contributed by atoms with E-state index in [1.807, 2.05) is 26.0 Å². The molecule has 2 aromatic carbocycles. The van der Waals surface area contributed by atoms with Crippen LogP contribution in [0.15, 0.2) is 54.7 Å². The number of benzene rings is 2. The standard InChI is InChI=1S/C24H27F3N4O/c1-15(2)14-32-18-11-9-17(10-12-18)29-23-28-13-20(24(25,26)27)22(31-23)30-21-8-6-5-7-19(21)16(3)4/h5-13,15-16H,14H2,1-4H3,(H2,28,29,30,31). The number of nitrogens with one attached hydrogen (secondary N) is 2. The van der Waals surface area contributed by atoms with Gasteiger partial charge in [-0.3, -0.25) is 0 Å². The third-order valence-corrected chi connectivity index (χ3v) is 4.62. The Morgan fingerprint density at radius 1 is 0.938 bits per heavy atom. The number of rotatable bonds is 8. The lowest BCUT2D eigenvalue weighted by Crippen LogP contribution is -2.13. The quantitative estimate of drug-likeness (QED) is 0.387. The number of aromatic nitrogens is 2. The van der Waals surface area contributed by atoms with Gasteiger partial charge in [0.15, 0.2) is 0 Å². The van der Waals surface area contributed by atoms with Gasteiger partial charge in [0.1, 0.15) is 17.1 Å². The fourth-order valence-electron chi connectivity index (χ4n) is 3.01. The second-order valence-electron chi connectivity index (χ2n) is 8.17. The molecule has 0 amide bonds. The highest BCUT2D eigenvalue weighted by atomic mass is 19.4. The van der Waals surface area contributed by atoms with Crippen LogP contribution in [-0.2, 0) is 6.18 Å². The molecule has 32 heavy (non-hydrogen) atoms. The number of hydrogen-bond acceptors (Lipinski definition) is 5. The minimum absolute atomic E-state index is 0.0541. The van der Waals surface area contributed by atoms with Gasteiger partial charge in [0.05, 0.1) is 6.61 Å². The SMILES string of the molecule is CC(C)COc1ccc(Nc2ncc(C(F)(F)F)c(Nc3ccccc3C(C)C)n2)cc1. The maximum absolute atomic E-state index is 13.6. The number of alkyl halides is 3. The molecule has 0 fully saturated rings. The van der Waals surface area contributed by atoms with E-state index in [0.29, 0.717) is 29.6 Å². The van der Waals surface area contributed by atoms with Gasteiger partial charge in [-0.2, -0.15) is 18.2 Å². The first-order valence-corrected chi connectivity index (χ1v) is 10.4. The molecule has 3 aromatic rings.